The highest BCUT2D eigenvalue weighted by Crippen LogP contribution is 2.17. The van der Waals surface area contributed by atoms with Gasteiger partial charge in [-0.1, -0.05) is 12.1 Å². The molecule has 0 aliphatic carbocycles. The first-order valence-corrected chi connectivity index (χ1v) is 6.01. The lowest BCUT2D eigenvalue weighted by atomic mass is 10.3. The Morgan fingerprint density at radius 1 is 1.29 bits per heavy atom. The van der Waals surface area contributed by atoms with Crippen molar-refractivity contribution < 1.29 is 0 Å². The van der Waals surface area contributed by atoms with Crippen molar-refractivity contribution in [2.45, 2.75) is 19.5 Å². The zero-order chi connectivity index (χ0) is 12.3. The van der Waals surface area contributed by atoms with Crippen molar-refractivity contribution in [3.63, 3.8) is 0 Å². The second-order valence-electron chi connectivity index (χ2n) is 4.55. The van der Waals surface area contributed by atoms with Crippen molar-refractivity contribution in [1.29, 1.82) is 0 Å². The number of fused-ring (bicyclic) bond motifs is 1. The molecule has 4 heteroatoms. The number of hydrogen-bond acceptors (Lipinski definition) is 3. The van der Waals surface area contributed by atoms with Gasteiger partial charge in [0.25, 0.3) is 0 Å². The summed E-state index contributed by atoms with van der Waals surface area (Å²) in [5.41, 5.74) is 7.87. The SMILES string of the molecule is CN(C)Cc1nc2ccccc2n1CCCN. The zero-order valence-corrected chi connectivity index (χ0v) is 10.6. The van der Waals surface area contributed by atoms with Crippen LogP contribution in [0.4, 0.5) is 0 Å². The number of aryl methyl sites for hydroxylation is 1. The van der Waals surface area contributed by atoms with Gasteiger partial charge < -0.3 is 15.2 Å². The summed E-state index contributed by atoms with van der Waals surface area (Å²) in [6.07, 6.45) is 0.987. The van der Waals surface area contributed by atoms with Crippen LogP contribution in [-0.2, 0) is 13.1 Å². The summed E-state index contributed by atoms with van der Waals surface area (Å²) in [4.78, 5) is 6.83. The van der Waals surface area contributed by atoms with Gasteiger partial charge in [-0.25, -0.2) is 4.98 Å². The number of nitrogens with zero attached hydrogens (tertiary/aromatic N) is 3. The molecule has 0 amide bonds. The van der Waals surface area contributed by atoms with Crippen LogP contribution in [-0.4, -0.2) is 35.1 Å². The van der Waals surface area contributed by atoms with E-state index in [0.29, 0.717) is 6.54 Å². The Morgan fingerprint density at radius 3 is 2.76 bits per heavy atom. The quantitative estimate of drug-likeness (QED) is 0.848. The maximum atomic E-state index is 5.60. The zero-order valence-electron chi connectivity index (χ0n) is 10.6. The first-order valence-electron chi connectivity index (χ1n) is 6.01. The van der Waals surface area contributed by atoms with E-state index in [1.54, 1.807) is 0 Å². The molecule has 0 atom stereocenters. The minimum Gasteiger partial charge on any atom is -0.330 e. The van der Waals surface area contributed by atoms with E-state index in [-0.39, 0.29) is 0 Å². The third-order valence-corrected chi connectivity index (χ3v) is 2.78. The molecule has 1 aromatic heterocycles. The number of aromatic nitrogens is 2. The van der Waals surface area contributed by atoms with Crippen LogP contribution in [0.3, 0.4) is 0 Å². The summed E-state index contributed by atoms with van der Waals surface area (Å²) in [6, 6.07) is 8.27. The monoisotopic (exact) mass is 232 g/mol. The predicted molar refractivity (Wildman–Crippen MR) is 70.8 cm³/mol. The van der Waals surface area contributed by atoms with Gasteiger partial charge in [0.2, 0.25) is 0 Å². The lowest BCUT2D eigenvalue weighted by Gasteiger charge is -2.12. The van der Waals surface area contributed by atoms with Gasteiger partial charge >= 0.3 is 0 Å². The Hall–Kier alpha value is -1.39. The number of imidazole rings is 1. The first-order chi connectivity index (χ1) is 8.22. The first kappa shape index (κ1) is 12.1. The Kier molecular flexibility index (Phi) is 3.76. The maximum Gasteiger partial charge on any atom is 0.124 e. The molecular formula is C13H20N4. The molecular weight excluding hydrogens is 212 g/mol. The lowest BCUT2D eigenvalue weighted by molar-refractivity contribution is 0.381. The van der Waals surface area contributed by atoms with Gasteiger partial charge in [0.1, 0.15) is 5.82 Å². The highest BCUT2D eigenvalue weighted by Gasteiger charge is 2.10. The van der Waals surface area contributed by atoms with E-state index in [4.69, 9.17) is 5.73 Å². The fourth-order valence-electron chi connectivity index (χ4n) is 2.03. The largest absolute Gasteiger partial charge is 0.330 e. The molecule has 0 aliphatic heterocycles. The summed E-state index contributed by atoms with van der Waals surface area (Å²) < 4.78 is 2.28. The molecule has 2 aromatic rings. The van der Waals surface area contributed by atoms with E-state index in [9.17, 15) is 0 Å². The van der Waals surface area contributed by atoms with E-state index in [1.807, 2.05) is 6.07 Å². The number of nitrogens with two attached hydrogens (primary N) is 1. The van der Waals surface area contributed by atoms with Gasteiger partial charge in [-0.15, -0.1) is 0 Å². The number of hydrogen-bond donors (Lipinski definition) is 1. The van der Waals surface area contributed by atoms with E-state index in [2.05, 4.69) is 46.7 Å². The third-order valence-electron chi connectivity index (χ3n) is 2.78. The van der Waals surface area contributed by atoms with Gasteiger partial charge in [-0.2, -0.15) is 0 Å². The van der Waals surface area contributed by atoms with Gasteiger partial charge in [0.05, 0.1) is 17.6 Å². The summed E-state index contributed by atoms with van der Waals surface area (Å²) in [6.45, 7) is 2.52. The second kappa shape index (κ2) is 5.29. The van der Waals surface area contributed by atoms with Crippen molar-refractivity contribution in [3.8, 4) is 0 Å². The molecule has 4 nitrogen and oxygen atoms in total. The van der Waals surface area contributed by atoms with Crippen molar-refractivity contribution in [1.82, 2.24) is 14.5 Å². The van der Waals surface area contributed by atoms with Crippen LogP contribution >= 0.6 is 0 Å². The molecule has 2 rings (SSSR count). The average Bonchev–Trinajstić information content (AvgIpc) is 2.63. The minimum atomic E-state index is 0.716. The average molecular weight is 232 g/mol. The van der Waals surface area contributed by atoms with Crippen molar-refractivity contribution >= 4 is 11.0 Å². The molecule has 0 fully saturated rings. The number of para-hydroxylation sites is 2. The van der Waals surface area contributed by atoms with E-state index in [1.165, 1.54) is 5.52 Å². The van der Waals surface area contributed by atoms with Crippen LogP contribution in [0.25, 0.3) is 11.0 Å². The summed E-state index contributed by atoms with van der Waals surface area (Å²) in [7, 11) is 4.12. The van der Waals surface area contributed by atoms with Gasteiger partial charge in [0.15, 0.2) is 0 Å². The fraction of sp³-hybridized carbons (Fsp3) is 0.462. The summed E-state index contributed by atoms with van der Waals surface area (Å²) in [5, 5.41) is 0. The fourth-order valence-corrected chi connectivity index (χ4v) is 2.03. The Balaban J connectivity index is 2.41. The summed E-state index contributed by atoms with van der Waals surface area (Å²) in [5.74, 6) is 1.12. The molecule has 0 unspecified atom stereocenters. The van der Waals surface area contributed by atoms with Gasteiger partial charge in [-0.05, 0) is 39.2 Å². The molecule has 0 spiro atoms. The molecule has 0 radical (unpaired) electrons. The Morgan fingerprint density at radius 2 is 2.06 bits per heavy atom. The molecule has 2 N–H and O–H groups in total. The van der Waals surface area contributed by atoms with Gasteiger partial charge in [-0.3, -0.25) is 0 Å². The van der Waals surface area contributed by atoms with Crippen LogP contribution < -0.4 is 5.73 Å². The van der Waals surface area contributed by atoms with Crippen LogP contribution in [0.15, 0.2) is 24.3 Å². The van der Waals surface area contributed by atoms with E-state index in [0.717, 1.165) is 30.9 Å². The molecule has 17 heavy (non-hydrogen) atoms. The predicted octanol–water partition coefficient (Wildman–Crippen LogP) is 1.45. The van der Waals surface area contributed by atoms with Crippen molar-refractivity contribution in [2.75, 3.05) is 20.6 Å². The molecule has 0 saturated heterocycles. The topological polar surface area (TPSA) is 47.1 Å². The molecule has 1 heterocycles. The molecule has 0 bridgehead atoms. The smallest absolute Gasteiger partial charge is 0.124 e. The number of rotatable bonds is 5. The Bertz CT molecular complexity index is 487. The van der Waals surface area contributed by atoms with Crippen molar-refractivity contribution in [3.05, 3.63) is 30.1 Å². The molecule has 0 aliphatic rings. The normalized spacial score (nSPS) is 11.5. The Labute approximate surface area is 102 Å². The minimum absolute atomic E-state index is 0.716. The highest BCUT2D eigenvalue weighted by molar-refractivity contribution is 5.75. The lowest BCUT2D eigenvalue weighted by Crippen LogP contribution is -2.16. The van der Waals surface area contributed by atoms with Crippen molar-refractivity contribution in [2.24, 2.45) is 5.73 Å². The third kappa shape index (κ3) is 2.65. The standard InChI is InChI=1S/C13H20N4/c1-16(2)10-13-15-11-6-3-4-7-12(11)17(13)9-5-8-14/h3-4,6-7H,5,8-10,14H2,1-2H3. The molecule has 92 valence electrons. The van der Waals surface area contributed by atoms with Crippen LogP contribution in [0, 0.1) is 0 Å². The van der Waals surface area contributed by atoms with E-state index >= 15 is 0 Å². The van der Waals surface area contributed by atoms with Crippen LogP contribution in [0.1, 0.15) is 12.2 Å². The van der Waals surface area contributed by atoms with Crippen LogP contribution in [0.2, 0.25) is 0 Å². The number of benzene rings is 1. The maximum absolute atomic E-state index is 5.60. The summed E-state index contributed by atoms with van der Waals surface area (Å²) >= 11 is 0. The van der Waals surface area contributed by atoms with Crippen LogP contribution in [0.5, 0.6) is 0 Å². The second-order valence-corrected chi connectivity index (χ2v) is 4.55. The van der Waals surface area contributed by atoms with E-state index < -0.39 is 0 Å². The highest BCUT2D eigenvalue weighted by atomic mass is 15.2. The van der Waals surface area contributed by atoms with Gasteiger partial charge in [0, 0.05) is 6.54 Å². The molecule has 1 aromatic carbocycles. The molecule has 0 saturated carbocycles.